The number of carboxylic acids is 1. The van der Waals surface area contributed by atoms with Crippen molar-refractivity contribution in [3.05, 3.63) is 35.4 Å². The molecular formula is C14H14N2O5. The quantitative estimate of drug-likeness (QED) is 0.777. The highest BCUT2D eigenvalue weighted by atomic mass is 16.4. The minimum absolute atomic E-state index is 0.0362. The predicted molar refractivity (Wildman–Crippen MR) is 71.7 cm³/mol. The van der Waals surface area contributed by atoms with E-state index in [0.29, 0.717) is 6.42 Å². The van der Waals surface area contributed by atoms with E-state index in [1.807, 2.05) is 0 Å². The molecular weight excluding hydrogens is 276 g/mol. The van der Waals surface area contributed by atoms with E-state index in [1.54, 1.807) is 6.92 Å². The average Bonchev–Trinajstić information content (AvgIpc) is 2.45. The van der Waals surface area contributed by atoms with Crippen LogP contribution in [0.3, 0.4) is 0 Å². The van der Waals surface area contributed by atoms with Crippen LogP contribution in [0.5, 0.6) is 0 Å². The molecule has 0 bridgehead atoms. The summed E-state index contributed by atoms with van der Waals surface area (Å²) < 4.78 is 0. The molecule has 7 nitrogen and oxygen atoms in total. The molecule has 2 rings (SSSR count). The van der Waals surface area contributed by atoms with Crippen LogP contribution in [-0.2, 0) is 9.59 Å². The summed E-state index contributed by atoms with van der Waals surface area (Å²) in [6.07, 6.45) is 0.333. The third-order valence-corrected chi connectivity index (χ3v) is 3.29. The number of carboxylic acid groups (broad SMARTS) is 1. The van der Waals surface area contributed by atoms with Crippen molar-refractivity contribution in [1.82, 2.24) is 10.2 Å². The Kier molecular flexibility index (Phi) is 4.02. The summed E-state index contributed by atoms with van der Waals surface area (Å²) in [6.45, 7) is 1.44. The van der Waals surface area contributed by atoms with E-state index in [0.717, 1.165) is 4.90 Å². The lowest BCUT2D eigenvalue weighted by atomic mass is 10.0. The lowest BCUT2D eigenvalue weighted by Gasteiger charge is -2.33. The van der Waals surface area contributed by atoms with Gasteiger partial charge in [0.1, 0.15) is 12.6 Å². The number of amides is 3. The number of hydrogen-bond acceptors (Lipinski definition) is 4. The lowest BCUT2D eigenvalue weighted by Crippen LogP contribution is -2.59. The SMILES string of the molecule is CCC1C(=O)NC(=O)CN1C(=O)c1ccccc1C(=O)O. The van der Waals surface area contributed by atoms with Gasteiger partial charge < -0.3 is 10.0 Å². The standard InChI is InChI=1S/C14H14N2O5/c1-2-10-12(18)15-11(17)7-16(10)13(19)8-5-3-4-6-9(8)14(20)21/h3-6,10H,2,7H2,1H3,(H,20,21)(H,15,17,18). The highest BCUT2D eigenvalue weighted by Crippen LogP contribution is 2.17. The zero-order valence-electron chi connectivity index (χ0n) is 11.3. The highest BCUT2D eigenvalue weighted by molar-refractivity contribution is 6.10. The molecule has 1 aromatic carbocycles. The molecule has 1 fully saturated rings. The molecule has 1 saturated heterocycles. The molecule has 1 aromatic rings. The molecule has 110 valence electrons. The smallest absolute Gasteiger partial charge is 0.336 e. The van der Waals surface area contributed by atoms with Gasteiger partial charge in [0.15, 0.2) is 0 Å². The molecule has 0 aliphatic carbocycles. The lowest BCUT2D eigenvalue weighted by molar-refractivity contribution is -0.138. The number of rotatable bonds is 3. The maximum Gasteiger partial charge on any atom is 0.336 e. The number of carbonyl (C=O) groups excluding carboxylic acids is 3. The predicted octanol–water partition coefficient (Wildman–Crippen LogP) is 0.262. The van der Waals surface area contributed by atoms with E-state index in [1.165, 1.54) is 24.3 Å². The fourth-order valence-electron chi connectivity index (χ4n) is 2.30. The molecule has 1 aliphatic heterocycles. The van der Waals surface area contributed by atoms with Gasteiger partial charge >= 0.3 is 5.97 Å². The van der Waals surface area contributed by atoms with E-state index < -0.39 is 29.7 Å². The van der Waals surface area contributed by atoms with Gasteiger partial charge in [-0.15, -0.1) is 0 Å². The number of piperazine rings is 1. The van der Waals surface area contributed by atoms with Crippen LogP contribution in [0.4, 0.5) is 0 Å². The number of nitrogens with one attached hydrogen (secondary N) is 1. The Morgan fingerprint density at radius 3 is 2.48 bits per heavy atom. The molecule has 21 heavy (non-hydrogen) atoms. The maximum absolute atomic E-state index is 12.5. The van der Waals surface area contributed by atoms with Gasteiger partial charge in [-0.1, -0.05) is 19.1 Å². The summed E-state index contributed by atoms with van der Waals surface area (Å²) in [5, 5.41) is 11.3. The van der Waals surface area contributed by atoms with Crippen LogP contribution < -0.4 is 5.32 Å². The van der Waals surface area contributed by atoms with Crippen molar-refractivity contribution in [2.24, 2.45) is 0 Å². The number of carbonyl (C=O) groups is 4. The average molecular weight is 290 g/mol. The monoisotopic (exact) mass is 290 g/mol. The minimum atomic E-state index is -1.24. The summed E-state index contributed by atoms with van der Waals surface area (Å²) in [5.41, 5.74) is -0.193. The second kappa shape index (κ2) is 5.74. The third kappa shape index (κ3) is 2.76. The molecule has 1 unspecified atom stereocenters. The highest BCUT2D eigenvalue weighted by Gasteiger charge is 2.36. The van der Waals surface area contributed by atoms with Crippen LogP contribution in [0, 0.1) is 0 Å². The molecule has 3 amide bonds. The Balaban J connectivity index is 2.40. The molecule has 1 aliphatic rings. The van der Waals surface area contributed by atoms with Gasteiger partial charge in [0.2, 0.25) is 11.8 Å². The Morgan fingerprint density at radius 1 is 1.29 bits per heavy atom. The molecule has 1 heterocycles. The normalized spacial score (nSPS) is 18.3. The summed E-state index contributed by atoms with van der Waals surface area (Å²) in [4.78, 5) is 48.0. The van der Waals surface area contributed by atoms with Crippen LogP contribution in [0.25, 0.3) is 0 Å². The fraction of sp³-hybridized carbons (Fsp3) is 0.286. The van der Waals surface area contributed by atoms with Crippen molar-refractivity contribution < 1.29 is 24.3 Å². The van der Waals surface area contributed by atoms with Crippen molar-refractivity contribution in [2.45, 2.75) is 19.4 Å². The molecule has 0 saturated carbocycles. The first-order valence-electron chi connectivity index (χ1n) is 6.42. The number of aromatic carboxylic acids is 1. The first-order valence-corrected chi connectivity index (χ1v) is 6.42. The summed E-state index contributed by atoms with van der Waals surface area (Å²) in [6, 6.07) is 4.94. The van der Waals surface area contributed by atoms with Crippen molar-refractivity contribution in [1.29, 1.82) is 0 Å². The largest absolute Gasteiger partial charge is 0.478 e. The summed E-state index contributed by atoms with van der Waals surface area (Å²) in [7, 11) is 0. The first kappa shape index (κ1) is 14.7. The fourth-order valence-corrected chi connectivity index (χ4v) is 2.30. The molecule has 0 spiro atoms. The van der Waals surface area contributed by atoms with Crippen molar-refractivity contribution >= 4 is 23.7 Å². The topological polar surface area (TPSA) is 104 Å². The Hall–Kier alpha value is -2.70. The summed E-state index contributed by atoms with van der Waals surface area (Å²) in [5.74, 6) is -3.00. The Bertz CT molecular complexity index is 626. The van der Waals surface area contributed by atoms with Crippen molar-refractivity contribution in [3.8, 4) is 0 Å². The molecule has 0 aromatic heterocycles. The van der Waals surface area contributed by atoms with E-state index in [4.69, 9.17) is 5.11 Å². The number of benzene rings is 1. The van der Waals surface area contributed by atoms with Gasteiger partial charge in [-0.25, -0.2) is 4.79 Å². The van der Waals surface area contributed by atoms with Gasteiger partial charge in [0.25, 0.3) is 5.91 Å². The van der Waals surface area contributed by atoms with Gasteiger partial charge in [-0.3, -0.25) is 19.7 Å². The van der Waals surface area contributed by atoms with Crippen molar-refractivity contribution in [2.75, 3.05) is 6.54 Å². The van der Waals surface area contributed by atoms with Gasteiger partial charge in [-0.2, -0.15) is 0 Å². The van der Waals surface area contributed by atoms with E-state index in [9.17, 15) is 19.2 Å². The van der Waals surface area contributed by atoms with Gasteiger partial charge in [-0.05, 0) is 18.6 Å². The maximum atomic E-state index is 12.5. The van der Waals surface area contributed by atoms with Crippen LogP contribution in [0.15, 0.2) is 24.3 Å². The Labute approximate surface area is 120 Å². The van der Waals surface area contributed by atoms with Crippen LogP contribution >= 0.6 is 0 Å². The van der Waals surface area contributed by atoms with E-state index in [2.05, 4.69) is 5.32 Å². The summed E-state index contributed by atoms with van der Waals surface area (Å²) >= 11 is 0. The zero-order valence-corrected chi connectivity index (χ0v) is 11.3. The third-order valence-electron chi connectivity index (χ3n) is 3.29. The zero-order chi connectivity index (χ0) is 15.6. The second-order valence-electron chi connectivity index (χ2n) is 4.62. The molecule has 1 atom stereocenters. The number of imide groups is 1. The minimum Gasteiger partial charge on any atom is -0.478 e. The van der Waals surface area contributed by atoms with Crippen LogP contribution in [0.2, 0.25) is 0 Å². The van der Waals surface area contributed by atoms with Crippen LogP contribution in [-0.4, -0.2) is 46.3 Å². The van der Waals surface area contributed by atoms with E-state index >= 15 is 0 Å². The Morgan fingerprint density at radius 2 is 1.90 bits per heavy atom. The first-order chi connectivity index (χ1) is 9.95. The molecule has 0 radical (unpaired) electrons. The van der Waals surface area contributed by atoms with E-state index in [-0.39, 0.29) is 17.7 Å². The molecule has 2 N–H and O–H groups in total. The number of hydrogen-bond donors (Lipinski definition) is 2. The second-order valence-corrected chi connectivity index (χ2v) is 4.62. The van der Waals surface area contributed by atoms with Crippen molar-refractivity contribution in [3.63, 3.8) is 0 Å². The van der Waals surface area contributed by atoms with Crippen LogP contribution in [0.1, 0.15) is 34.1 Å². The van der Waals surface area contributed by atoms with Gasteiger partial charge in [0, 0.05) is 0 Å². The van der Waals surface area contributed by atoms with Gasteiger partial charge in [0.05, 0.1) is 11.1 Å². The molecule has 7 heteroatoms. The number of nitrogens with zero attached hydrogens (tertiary/aromatic N) is 1.